The molecule has 0 spiro atoms. The minimum Gasteiger partial charge on any atom is -0.497 e. The van der Waals surface area contributed by atoms with Crippen LogP contribution < -0.4 is 10.1 Å². The molecule has 0 atom stereocenters. The first-order chi connectivity index (χ1) is 11.1. The lowest BCUT2D eigenvalue weighted by molar-refractivity contribution is 0.111. The number of methoxy groups -OCH3 is 1. The zero-order chi connectivity index (χ0) is 16.4. The Balaban J connectivity index is 1.68. The maximum atomic E-state index is 12.6. The average molecular weight is 317 g/mol. The number of anilines is 1. The van der Waals surface area contributed by atoms with Crippen molar-refractivity contribution in [3.8, 4) is 5.75 Å². The van der Waals surface area contributed by atoms with Crippen molar-refractivity contribution < 1.29 is 9.53 Å². The van der Waals surface area contributed by atoms with E-state index >= 15 is 0 Å². The number of nitrogens with one attached hydrogen (secondary N) is 1. The van der Waals surface area contributed by atoms with Gasteiger partial charge >= 0.3 is 6.03 Å². The summed E-state index contributed by atoms with van der Waals surface area (Å²) in [5.41, 5.74) is 2.07. The molecule has 3 rings (SSSR count). The van der Waals surface area contributed by atoms with Crippen molar-refractivity contribution in [1.29, 1.82) is 0 Å². The summed E-state index contributed by atoms with van der Waals surface area (Å²) in [6, 6.07) is 6.84. The average Bonchev–Trinajstić information content (AvgIpc) is 2.72. The fraction of sp³-hybridized carbons (Fsp3) is 0.611. The fourth-order valence-electron chi connectivity index (χ4n) is 3.62. The van der Waals surface area contributed by atoms with Crippen LogP contribution in [0.25, 0.3) is 0 Å². The third-order valence-electron chi connectivity index (χ3n) is 5.11. The number of likely N-dealkylation sites (tertiary alicyclic amines) is 1. The number of amides is 2. The second-order valence-corrected chi connectivity index (χ2v) is 6.76. The number of ether oxygens (including phenoxy) is 1. The molecular weight excluding hydrogens is 290 g/mol. The monoisotopic (exact) mass is 317 g/mol. The molecule has 2 heterocycles. The highest BCUT2D eigenvalue weighted by molar-refractivity contribution is 5.91. The first-order valence-electron chi connectivity index (χ1n) is 8.57. The number of carbonyl (C=O) groups is 1. The molecule has 2 amide bonds. The Labute approximate surface area is 138 Å². The highest BCUT2D eigenvalue weighted by atomic mass is 16.5. The molecule has 1 aromatic rings. The Kier molecular flexibility index (Phi) is 4.76. The molecule has 1 fully saturated rings. The second-order valence-electron chi connectivity index (χ2n) is 6.76. The lowest BCUT2D eigenvalue weighted by Gasteiger charge is -2.39. The van der Waals surface area contributed by atoms with E-state index < -0.39 is 0 Å². The highest BCUT2D eigenvalue weighted by Gasteiger charge is 2.30. The van der Waals surface area contributed by atoms with Gasteiger partial charge in [0.2, 0.25) is 0 Å². The summed E-state index contributed by atoms with van der Waals surface area (Å²) in [5.74, 6) is 0.844. The number of carbonyl (C=O) groups excluding carboxylic acids is 1. The normalized spacial score (nSPS) is 20.2. The van der Waals surface area contributed by atoms with Crippen molar-refractivity contribution >= 4 is 11.7 Å². The van der Waals surface area contributed by atoms with Crippen molar-refractivity contribution in [2.75, 3.05) is 32.1 Å². The molecule has 2 aliphatic heterocycles. The Hall–Kier alpha value is -1.75. The van der Waals surface area contributed by atoms with E-state index in [2.05, 4.69) is 24.1 Å². The van der Waals surface area contributed by atoms with Crippen LogP contribution in [0.5, 0.6) is 5.75 Å². The zero-order valence-corrected chi connectivity index (χ0v) is 14.3. The third-order valence-corrected chi connectivity index (χ3v) is 5.11. The summed E-state index contributed by atoms with van der Waals surface area (Å²) in [6.07, 6.45) is 2.99. The second kappa shape index (κ2) is 6.79. The van der Waals surface area contributed by atoms with E-state index in [1.54, 1.807) is 7.11 Å². The van der Waals surface area contributed by atoms with Gasteiger partial charge in [0.25, 0.3) is 0 Å². The zero-order valence-electron chi connectivity index (χ0n) is 14.3. The number of hydrogen-bond acceptors (Lipinski definition) is 3. The predicted octanol–water partition coefficient (Wildman–Crippen LogP) is 2.96. The summed E-state index contributed by atoms with van der Waals surface area (Å²) in [7, 11) is 1.67. The van der Waals surface area contributed by atoms with E-state index in [0.717, 1.165) is 55.9 Å². The molecular formula is C18H27N3O2. The Morgan fingerprint density at radius 2 is 1.96 bits per heavy atom. The van der Waals surface area contributed by atoms with Gasteiger partial charge in [-0.1, -0.05) is 0 Å². The third kappa shape index (κ3) is 3.44. The van der Waals surface area contributed by atoms with Crippen LogP contribution in [0.3, 0.4) is 0 Å². The van der Waals surface area contributed by atoms with E-state index in [-0.39, 0.29) is 6.03 Å². The van der Waals surface area contributed by atoms with Gasteiger partial charge in [-0.2, -0.15) is 0 Å². The van der Waals surface area contributed by atoms with E-state index in [1.807, 2.05) is 23.1 Å². The van der Waals surface area contributed by atoms with Crippen molar-refractivity contribution in [2.45, 2.75) is 45.2 Å². The molecule has 126 valence electrons. The number of benzene rings is 1. The lowest BCUT2D eigenvalue weighted by atomic mass is 10.0. The predicted molar refractivity (Wildman–Crippen MR) is 92.2 cm³/mol. The summed E-state index contributed by atoms with van der Waals surface area (Å²) < 4.78 is 5.29. The van der Waals surface area contributed by atoms with Crippen LogP contribution in [0, 0.1) is 0 Å². The smallest absolute Gasteiger partial charge is 0.322 e. The minimum absolute atomic E-state index is 0.0388. The summed E-state index contributed by atoms with van der Waals surface area (Å²) in [5, 5.41) is 3.07. The van der Waals surface area contributed by atoms with Crippen LogP contribution >= 0.6 is 0 Å². The molecule has 0 unspecified atom stereocenters. The van der Waals surface area contributed by atoms with Crippen LogP contribution in [-0.2, 0) is 6.42 Å². The molecule has 0 bridgehead atoms. The molecule has 5 heteroatoms. The first kappa shape index (κ1) is 16.1. The minimum atomic E-state index is 0.0388. The van der Waals surface area contributed by atoms with Crippen molar-refractivity contribution in [1.82, 2.24) is 9.80 Å². The number of hydrogen-bond donors (Lipinski definition) is 1. The van der Waals surface area contributed by atoms with Crippen LogP contribution in [-0.4, -0.2) is 54.7 Å². The van der Waals surface area contributed by atoms with E-state index in [9.17, 15) is 4.79 Å². The van der Waals surface area contributed by atoms with Gasteiger partial charge in [0, 0.05) is 37.4 Å². The van der Waals surface area contributed by atoms with E-state index in [4.69, 9.17) is 4.74 Å². The van der Waals surface area contributed by atoms with Crippen LogP contribution in [0.1, 0.15) is 32.3 Å². The van der Waals surface area contributed by atoms with Gasteiger partial charge in [-0.25, -0.2) is 4.79 Å². The van der Waals surface area contributed by atoms with Gasteiger partial charge < -0.3 is 19.9 Å². The molecule has 0 aliphatic carbocycles. The molecule has 1 saturated heterocycles. The van der Waals surface area contributed by atoms with Crippen LogP contribution in [0.15, 0.2) is 18.2 Å². The van der Waals surface area contributed by atoms with Gasteiger partial charge in [-0.15, -0.1) is 0 Å². The molecule has 0 aromatic heterocycles. The van der Waals surface area contributed by atoms with E-state index in [0.29, 0.717) is 12.1 Å². The molecule has 0 saturated carbocycles. The summed E-state index contributed by atoms with van der Waals surface area (Å²) in [6.45, 7) is 7.41. The Morgan fingerprint density at radius 3 is 2.61 bits per heavy atom. The molecule has 1 N–H and O–H groups in total. The first-order valence-corrected chi connectivity index (χ1v) is 8.57. The molecule has 0 radical (unpaired) electrons. The SMILES string of the molecule is COc1ccc2c(c1)CCN(C1CCN(C(C)C)CC1)C(=O)N2. The number of fused-ring (bicyclic) bond motifs is 1. The largest absolute Gasteiger partial charge is 0.497 e. The van der Waals surface area contributed by atoms with Crippen LogP contribution in [0.2, 0.25) is 0 Å². The van der Waals surface area contributed by atoms with E-state index in [1.165, 1.54) is 0 Å². The number of rotatable bonds is 3. The summed E-state index contributed by atoms with van der Waals surface area (Å²) in [4.78, 5) is 17.1. The molecule has 23 heavy (non-hydrogen) atoms. The number of piperidine rings is 1. The van der Waals surface area contributed by atoms with Crippen molar-refractivity contribution in [3.05, 3.63) is 23.8 Å². The Morgan fingerprint density at radius 1 is 1.22 bits per heavy atom. The van der Waals surface area contributed by atoms with Gasteiger partial charge in [0.05, 0.1) is 7.11 Å². The molecule has 1 aromatic carbocycles. The Bertz CT molecular complexity index is 565. The van der Waals surface area contributed by atoms with Crippen molar-refractivity contribution in [2.24, 2.45) is 0 Å². The lowest BCUT2D eigenvalue weighted by Crippen LogP contribution is -2.50. The quantitative estimate of drug-likeness (QED) is 0.932. The topological polar surface area (TPSA) is 44.8 Å². The van der Waals surface area contributed by atoms with Gasteiger partial charge in [-0.3, -0.25) is 0 Å². The van der Waals surface area contributed by atoms with Gasteiger partial charge in [0.15, 0.2) is 0 Å². The van der Waals surface area contributed by atoms with Crippen molar-refractivity contribution in [3.63, 3.8) is 0 Å². The highest BCUT2D eigenvalue weighted by Crippen LogP contribution is 2.27. The maximum absolute atomic E-state index is 12.6. The maximum Gasteiger partial charge on any atom is 0.322 e. The van der Waals surface area contributed by atoms with Crippen LogP contribution in [0.4, 0.5) is 10.5 Å². The fourth-order valence-corrected chi connectivity index (χ4v) is 3.62. The molecule has 5 nitrogen and oxygen atoms in total. The number of nitrogens with zero attached hydrogens (tertiary/aromatic N) is 2. The standard InChI is InChI=1S/C18H27N3O2/c1-13(2)20-9-7-15(8-10-20)21-11-6-14-12-16(23-3)4-5-17(14)19-18(21)22/h4-5,12-13,15H,6-11H2,1-3H3,(H,19,22). The summed E-state index contributed by atoms with van der Waals surface area (Å²) >= 11 is 0. The van der Waals surface area contributed by atoms with Gasteiger partial charge in [-0.05, 0) is 56.9 Å². The number of urea groups is 1. The van der Waals surface area contributed by atoms with Gasteiger partial charge in [0.1, 0.15) is 5.75 Å². The molecule has 2 aliphatic rings.